The average molecular weight is 387 g/mol. The van der Waals surface area contributed by atoms with Crippen LogP contribution in [0, 0.1) is 11.8 Å². The van der Waals surface area contributed by atoms with E-state index in [0.717, 1.165) is 11.3 Å². The van der Waals surface area contributed by atoms with Crippen molar-refractivity contribution in [2.24, 2.45) is 11.8 Å². The monoisotopic (exact) mass is 387 g/mol. The van der Waals surface area contributed by atoms with Crippen molar-refractivity contribution in [2.45, 2.75) is 38.8 Å². The van der Waals surface area contributed by atoms with Gasteiger partial charge in [-0.25, -0.2) is 0 Å². The van der Waals surface area contributed by atoms with E-state index in [2.05, 4.69) is 5.32 Å². The Hall–Kier alpha value is -2.41. The molecule has 0 aliphatic carbocycles. The van der Waals surface area contributed by atoms with Gasteiger partial charge in [-0.3, -0.25) is 24.6 Å². The highest BCUT2D eigenvalue weighted by Gasteiger charge is 2.67. The molecular formula is C21H29N3O4. The number of ether oxygens (including phenoxy) is 1. The SMILES string of the molecule is CCOC(=O)[C@]1(CC)N[C@@H](c2ccc(N(C)C)cc2)[C@H]2C(=O)N(CC)C(=O)[C@@H]21. The Morgan fingerprint density at radius 3 is 2.29 bits per heavy atom. The van der Waals surface area contributed by atoms with Crippen molar-refractivity contribution in [1.29, 1.82) is 0 Å². The molecule has 2 aliphatic rings. The number of carbonyl (C=O) groups excluding carboxylic acids is 3. The number of imide groups is 1. The average Bonchev–Trinajstić information content (AvgIpc) is 3.16. The second-order valence-electron chi connectivity index (χ2n) is 7.58. The lowest BCUT2D eigenvalue weighted by atomic mass is 9.78. The molecular weight excluding hydrogens is 358 g/mol. The largest absolute Gasteiger partial charge is 0.465 e. The highest BCUT2D eigenvalue weighted by atomic mass is 16.5. The van der Waals surface area contributed by atoms with Crippen LogP contribution in [0.3, 0.4) is 0 Å². The van der Waals surface area contributed by atoms with Crippen LogP contribution in [0.2, 0.25) is 0 Å². The zero-order chi connectivity index (χ0) is 20.6. The summed E-state index contributed by atoms with van der Waals surface area (Å²) in [5.74, 6) is -2.32. The zero-order valence-corrected chi connectivity index (χ0v) is 17.2. The van der Waals surface area contributed by atoms with Crippen molar-refractivity contribution in [1.82, 2.24) is 10.2 Å². The standard InChI is InChI=1S/C21H29N3O4/c1-6-21(20(27)28-8-3)16-15(18(25)24(7-2)19(16)26)17(22-21)13-9-11-14(12-10-13)23(4)5/h9-12,15-17,22H,6-8H2,1-5H3/t15-,16+,17-,21+/m0/s1. The van der Waals surface area contributed by atoms with Gasteiger partial charge in [0.25, 0.3) is 0 Å². The first-order chi connectivity index (χ1) is 13.3. The molecule has 3 rings (SSSR count). The van der Waals surface area contributed by atoms with Gasteiger partial charge in [-0.2, -0.15) is 0 Å². The molecule has 2 fully saturated rings. The van der Waals surface area contributed by atoms with Crippen LogP contribution in [0.4, 0.5) is 5.69 Å². The Kier molecular flexibility index (Phi) is 5.48. The summed E-state index contributed by atoms with van der Waals surface area (Å²) in [7, 11) is 3.92. The lowest BCUT2D eigenvalue weighted by Gasteiger charge is -2.31. The van der Waals surface area contributed by atoms with Crippen molar-refractivity contribution >= 4 is 23.5 Å². The summed E-state index contributed by atoms with van der Waals surface area (Å²) >= 11 is 0. The minimum Gasteiger partial charge on any atom is -0.465 e. The Labute approximate surface area is 166 Å². The first kappa shape index (κ1) is 20.3. The normalized spacial score (nSPS) is 29.2. The predicted molar refractivity (Wildman–Crippen MR) is 106 cm³/mol. The molecule has 0 bridgehead atoms. The van der Waals surface area contributed by atoms with Crippen LogP contribution in [0.15, 0.2) is 24.3 Å². The summed E-state index contributed by atoms with van der Waals surface area (Å²) in [6.45, 7) is 5.90. The van der Waals surface area contributed by atoms with Gasteiger partial charge in [0.05, 0.1) is 18.4 Å². The number of carbonyl (C=O) groups is 3. The number of nitrogens with zero attached hydrogens (tertiary/aromatic N) is 2. The van der Waals surface area contributed by atoms with E-state index in [1.807, 2.05) is 50.2 Å². The summed E-state index contributed by atoms with van der Waals surface area (Å²) < 4.78 is 5.33. The molecule has 0 saturated carbocycles. The second kappa shape index (κ2) is 7.54. The molecule has 7 heteroatoms. The van der Waals surface area contributed by atoms with Gasteiger partial charge in [0, 0.05) is 32.4 Å². The number of nitrogens with one attached hydrogen (secondary N) is 1. The van der Waals surface area contributed by atoms with E-state index in [0.29, 0.717) is 13.0 Å². The smallest absolute Gasteiger partial charge is 0.327 e. The summed E-state index contributed by atoms with van der Waals surface area (Å²) in [6, 6.07) is 7.43. The number of anilines is 1. The van der Waals surface area contributed by atoms with Crippen LogP contribution >= 0.6 is 0 Å². The fraction of sp³-hybridized carbons (Fsp3) is 0.571. The first-order valence-electron chi connectivity index (χ1n) is 9.89. The van der Waals surface area contributed by atoms with Crippen molar-refractivity contribution in [3.8, 4) is 0 Å². The summed E-state index contributed by atoms with van der Waals surface area (Å²) in [5.41, 5.74) is 0.733. The van der Waals surface area contributed by atoms with E-state index < -0.39 is 29.4 Å². The summed E-state index contributed by atoms with van der Waals surface area (Å²) in [5, 5.41) is 3.35. The van der Waals surface area contributed by atoms with Crippen LogP contribution in [0.25, 0.3) is 0 Å². The Morgan fingerprint density at radius 2 is 1.79 bits per heavy atom. The molecule has 0 aromatic heterocycles. The molecule has 7 nitrogen and oxygen atoms in total. The van der Waals surface area contributed by atoms with Crippen molar-refractivity contribution in [3.63, 3.8) is 0 Å². The van der Waals surface area contributed by atoms with Gasteiger partial charge in [-0.15, -0.1) is 0 Å². The molecule has 152 valence electrons. The number of fused-ring (bicyclic) bond motifs is 1. The van der Waals surface area contributed by atoms with Crippen LogP contribution in [-0.2, 0) is 19.1 Å². The minimum absolute atomic E-state index is 0.216. The number of hydrogen-bond acceptors (Lipinski definition) is 6. The molecule has 28 heavy (non-hydrogen) atoms. The van der Waals surface area contributed by atoms with Crippen molar-refractivity contribution in [2.75, 3.05) is 32.1 Å². The fourth-order valence-corrected chi connectivity index (χ4v) is 4.56. The van der Waals surface area contributed by atoms with Crippen LogP contribution in [-0.4, -0.2) is 55.5 Å². The maximum atomic E-state index is 13.1. The highest BCUT2D eigenvalue weighted by Crippen LogP contribution is 2.50. The van der Waals surface area contributed by atoms with Gasteiger partial charge in [-0.05, 0) is 38.0 Å². The fourth-order valence-electron chi connectivity index (χ4n) is 4.56. The molecule has 0 radical (unpaired) electrons. The third-order valence-electron chi connectivity index (χ3n) is 6.03. The summed E-state index contributed by atoms with van der Waals surface area (Å²) in [4.78, 5) is 42.4. The number of benzene rings is 1. The molecule has 2 saturated heterocycles. The van der Waals surface area contributed by atoms with Gasteiger partial charge in [0.15, 0.2) is 0 Å². The van der Waals surface area contributed by atoms with Crippen molar-refractivity contribution in [3.05, 3.63) is 29.8 Å². The zero-order valence-electron chi connectivity index (χ0n) is 17.2. The Bertz CT molecular complexity index is 776. The van der Waals surface area contributed by atoms with Crippen LogP contribution in [0.1, 0.15) is 38.8 Å². The molecule has 2 amide bonds. The van der Waals surface area contributed by atoms with E-state index in [9.17, 15) is 14.4 Å². The van der Waals surface area contributed by atoms with Gasteiger partial charge in [0.1, 0.15) is 5.54 Å². The van der Waals surface area contributed by atoms with Gasteiger partial charge in [-0.1, -0.05) is 19.1 Å². The maximum absolute atomic E-state index is 13.1. The number of likely N-dealkylation sites (tertiary alicyclic amines) is 1. The number of hydrogen-bond donors (Lipinski definition) is 1. The molecule has 4 atom stereocenters. The van der Waals surface area contributed by atoms with E-state index in [-0.39, 0.29) is 18.4 Å². The van der Waals surface area contributed by atoms with Gasteiger partial charge >= 0.3 is 5.97 Å². The number of esters is 1. The van der Waals surface area contributed by atoms with Crippen LogP contribution in [0.5, 0.6) is 0 Å². The highest BCUT2D eigenvalue weighted by molar-refractivity contribution is 6.09. The Balaban J connectivity index is 2.08. The topological polar surface area (TPSA) is 79.0 Å². The lowest BCUT2D eigenvalue weighted by molar-refractivity contribution is -0.156. The van der Waals surface area contributed by atoms with E-state index in [1.165, 1.54) is 4.90 Å². The summed E-state index contributed by atoms with van der Waals surface area (Å²) in [6.07, 6.45) is 0.371. The third kappa shape index (κ3) is 2.89. The van der Waals surface area contributed by atoms with Crippen molar-refractivity contribution < 1.29 is 19.1 Å². The molecule has 2 heterocycles. The molecule has 2 aliphatic heterocycles. The third-order valence-corrected chi connectivity index (χ3v) is 6.03. The van der Waals surface area contributed by atoms with E-state index >= 15 is 0 Å². The molecule has 1 aromatic carbocycles. The molecule has 1 N–H and O–H groups in total. The van der Waals surface area contributed by atoms with Gasteiger partial charge < -0.3 is 9.64 Å². The quantitative estimate of drug-likeness (QED) is 0.592. The second-order valence-corrected chi connectivity index (χ2v) is 7.58. The van der Waals surface area contributed by atoms with E-state index in [4.69, 9.17) is 4.74 Å². The molecule has 0 unspecified atom stereocenters. The predicted octanol–water partition coefficient (Wildman–Crippen LogP) is 1.73. The minimum atomic E-state index is -1.19. The number of rotatable bonds is 6. The molecule has 0 spiro atoms. The Morgan fingerprint density at radius 1 is 1.14 bits per heavy atom. The number of amides is 2. The van der Waals surface area contributed by atoms with Crippen LogP contribution < -0.4 is 10.2 Å². The first-order valence-corrected chi connectivity index (χ1v) is 9.89. The molecule has 1 aromatic rings. The maximum Gasteiger partial charge on any atom is 0.327 e. The lowest BCUT2D eigenvalue weighted by Crippen LogP contribution is -2.56. The van der Waals surface area contributed by atoms with E-state index in [1.54, 1.807) is 13.8 Å². The van der Waals surface area contributed by atoms with Gasteiger partial charge in [0.2, 0.25) is 11.8 Å².